The highest BCUT2D eigenvalue weighted by Crippen LogP contribution is 2.34. The van der Waals surface area contributed by atoms with Gasteiger partial charge in [-0.2, -0.15) is 5.26 Å². The molecule has 0 aliphatic rings. The Labute approximate surface area is 95.7 Å². The van der Waals surface area contributed by atoms with E-state index < -0.39 is 38.4 Å². The van der Waals surface area contributed by atoms with Gasteiger partial charge in [-0.05, 0) is 0 Å². The number of methoxy groups -OCH3 is 1. The molecule has 0 radical (unpaired) electrons. The van der Waals surface area contributed by atoms with Crippen LogP contribution in [0.25, 0.3) is 0 Å². The van der Waals surface area contributed by atoms with Gasteiger partial charge in [-0.1, -0.05) is 0 Å². The molecule has 2 N–H and O–H groups in total. The van der Waals surface area contributed by atoms with E-state index in [1.54, 1.807) is 0 Å². The van der Waals surface area contributed by atoms with Gasteiger partial charge in [0, 0.05) is 6.20 Å². The number of hydrogen-bond donors (Lipinski definition) is 1. The number of hydrogen-bond acceptors (Lipinski definition) is 5. The third kappa shape index (κ3) is 2.48. The van der Waals surface area contributed by atoms with Gasteiger partial charge in [0.25, 0.3) is 6.43 Å². The van der Waals surface area contributed by atoms with Gasteiger partial charge in [-0.15, -0.1) is 0 Å². The molecule has 1 heterocycles. The third-order valence-electron chi connectivity index (χ3n) is 1.83. The second kappa shape index (κ2) is 4.60. The van der Waals surface area contributed by atoms with Crippen LogP contribution in [-0.2, 0) is 10.0 Å². The molecule has 0 aromatic carbocycles. The van der Waals surface area contributed by atoms with Crippen molar-refractivity contribution in [3.63, 3.8) is 0 Å². The van der Waals surface area contributed by atoms with Crippen LogP contribution in [0.15, 0.2) is 11.1 Å². The zero-order chi connectivity index (χ0) is 13.2. The van der Waals surface area contributed by atoms with Gasteiger partial charge in [0.2, 0.25) is 10.0 Å². The van der Waals surface area contributed by atoms with E-state index in [0.29, 0.717) is 6.20 Å². The molecule has 0 fully saturated rings. The number of halogens is 2. The molecule has 0 aliphatic heterocycles. The number of nitriles is 1. The largest absolute Gasteiger partial charge is 0.493 e. The Morgan fingerprint density at radius 3 is 2.53 bits per heavy atom. The van der Waals surface area contributed by atoms with Crippen LogP contribution in [0.4, 0.5) is 8.78 Å². The van der Waals surface area contributed by atoms with Crippen LogP contribution >= 0.6 is 0 Å². The molecule has 6 nitrogen and oxygen atoms in total. The van der Waals surface area contributed by atoms with Crippen molar-refractivity contribution in [3.8, 4) is 11.8 Å². The number of primary sulfonamides is 1. The van der Waals surface area contributed by atoms with E-state index in [4.69, 9.17) is 10.4 Å². The predicted octanol–water partition coefficient (Wildman–Crippen LogP) is 0.547. The van der Waals surface area contributed by atoms with E-state index in [0.717, 1.165) is 7.11 Å². The average molecular weight is 263 g/mol. The summed E-state index contributed by atoms with van der Waals surface area (Å²) in [7, 11) is -3.38. The summed E-state index contributed by atoms with van der Waals surface area (Å²) in [5.74, 6) is -0.707. The van der Waals surface area contributed by atoms with Crippen LogP contribution in [0.3, 0.4) is 0 Å². The van der Waals surface area contributed by atoms with Crippen LogP contribution in [0.5, 0.6) is 5.75 Å². The number of nitrogens with zero attached hydrogens (tertiary/aromatic N) is 2. The molecule has 0 atom stereocenters. The van der Waals surface area contributed by atoms with Gasteiger partial charge in [0.05, 0.1) is 12.7 Å². The lowest BCUT2D eigenvalue weighted by Crippen LogP contribution is -2.17. The van der Waals surface area contributed by atoms with E-state index in [9.17, 15) is 17.2 Å². The minimum Gasteiger partial charge on any atom is -0.493 e. The number of pyridine rings is 1. The summed E-state index contributed by atoms with van der Waals surface area (Å²) >= 11 is 0. The third-order valence-corrected chi connectivity index (χ3v) is 2.81. The van der Waals surface area contributed by atoms with Gasteiger partial charge in [0.1, 0.15) is 16.7 Å². The Bertz CT molecular complexity index is 580. The Morgan fingerprint density at radius 2 is 2.18 bits per heavy atom. The monoisotopic (exact) mass is 263 g/mol. The topological polar surface area (TPSA) is 106 Å². The van der Waals surface area contributed by atoms with Crippen molar-refractivity contribution in [1.29, 1.82) is 5.26 Å². The normalized spacial score (nSPS) is 11.3. The van der Waals surface area contributed by atoms with Crippen molar-refractivity contribution in [2.45, 2.75) is 11.3 Å². The van der Waals surface area contributed by atoms with Gasteiger partial charge in [0.15, 0.2) is 5.75 Å². The fourth-order valence-electron chi connectivity index (χ4n) is 1.20. The molecule has 0 saturated carbocycles. The zero-order valence-electron chi connectivity index (χ0n) is 8.52. The number of ether oxygens (including phenoxy) is 1. The van der Waals surface area contributed by atoms with Gasteiger partial charge < -0.3 is 4.74 Å². The fraction of sp³-hybridized carbons (Fsp3) is 0.250. The minimum atomic E-state index is -4.37. The molecular formula is C8H7F2N3O3S. The Hall–Kier alpha value is -1.79. The lowest BCUT2D eigenvalue weighted by Gasteiger charge is -2.11. The molecular weight excluding hydrogens is 256 g/mol. The lowest BCUT2D eigenvalue weighted by atomic mass is 10.2. The Kier molecular flexibility index (Phi) is 3.59. The molecule has 0 saturated heterocycles. The molecule has 9 heteroatoms. The van der Waals surface area contributed by atoms with E-state index in [1.165, 1.54) is 6.07 Å². The first kappa shape index (κ1) is 13.3. The molecule has 17 heavy (non-hydrogen) atoms. The summed E-state index contributed by atoms with van der Waals surface area (Å²) < 4.78 is 52.2. The molecule has 0 unspecified atom stereocenters. The van der Waals surface area contributed by atoms with Crippen molar-refractivity contribution in [1.82, 2.24) is 4.98 Å². The van der Waals surface area contributed by atoms with E-state index in [2.05, 4.69) is 9.72 Å². The first-order valence-electron chi connectivity index (χ1n) is 4.10. The second-order valence-electron chi connectivity index (χ2n) is 2.88. The Balaban J connectivity index is 3.75. The highest BCUT2D eigenvalue weighted by molar-refractivity contribution is 7.89. The molecule has 0 amide bonds. The molecule has 1 aromatic rings. The van der Waals surface area contributed by atoms with Crippen LogP contribution in [0.2, 0.25) is 0 Å². The van der Waals surface area contributed by atoms with Crippen molar-refractivity contribution < 1.29 is 21.9 Å². The van der Waals surface area contributed by atoms with Crippen LogP contribution < -0.4 is 9.88 Å². The highest BCUT2D eigenvalue weighted by atomic mass is 32.2. The summed E-state index contributed by atoms with van der Waals surface area (Å²) in [6.45, 7) is 0. The minimum absolute atomic E-state index is 0.450. The van der Waals surface area contributed by atoms with Crippen molar-refractivity contribution in [3.05, 3.63) is 17.5 Å². The summed E-state index contributed by atoms with van der Waals surface area (Å²) in [6, 6.07) is 1.50. The quantitative estimate of drug-likeness (QED) is 0.856. The van der Waals surface area contributed by atoms with Crippen LogP contribution in [-0.4, -0.2) is 20.5 Å². The van der Waals surface area contributed by atoms with Crippen molar-refractivity contribution >= 4 is 10.0 Å². The highest BCUT2D eigenvalue weighted by Gasteiger charge is 2.27. The molecule has 1 aromatic heterocycles. The van der Waals surface area contributed by atoms with Gasteiger partial charge in [-0.3, -0.25) is 0 Å². The van der Waals surface area contributed by atoms with Gasteiger partial charge in [-0.25, -0.2) is 27.3 Å². The summed E-state index contributed by atoms with van der Waals surface area (Å²) in [5, 5.41) is 13.5. The molecule has 0 aliphatic carbocycles. The predicted molar refractivity (Wildman–Crippen MR) is 51.8 cm³/mol. The number of nitrogens with two attached hydrogens (primary N) is 1. The summed E-state index contributed by atoms with van der Waals surface area (Å²) in [4.78, 5) is 2.49. The lowest BCUT2D eigenvalue weighted by molar-refractivity contribution is 0.140. The standard InChI is InChI=1S/C8H7F2N3O3S/c1-16-6-5(8(9)10)13-3-4(2-11)7(6)17(12,14)15/h3,8H,1H3,(H2,12,14,15). The maximum atomic E-state index is 12.6. The zero-order valence-corrected chi connectivity index (χ0v) is 9.33. The first-order chi connectivity index (χ1) is 7.82. The number of sulfonamides is 1. The van der Waals surface area contributed by atoms with Crippen LogP contribution in [0, 0.1) is 11.3 Å². The smallest absolute Gasteiger partial charge is 0.284 e. The van der Waals surface area contributed by atoms with E-state index >= 15 is 0 Å². The average Bonchev–Trinajstić information content (AvgIpc) is 2.25. The van der Waals surface area contributed by atoms with Crippen molar-refractivity contribution in [2.24, 2.45) is 5.14 Å². The van der Waals surface area contributed by atoms with Crippen LogP contribution in [0.1, 0.15) is 17.7 Å². The molecule has 92 valence electrons. The maximum Gasteiger partial charge on any atom is 0.284 e. The number of alkyl halides is 2. The number of aromatic nitrogens is 1. The number of rotatable bonds is 3. The Morgan fingerprint density at radius 1 is 1.59 bits per heavy atom. The molecule has 1 rings (SSSR count). The summed E-state index contributed by atoms with van der Waals surface area (Å²) in [6.07, 6.45) is -2.33. The molecule has 0 spiro atoms. The second-order valence-corrected chi connectivity index (χ2v) is 4.38. The van der Waals surface area contributed by atoms with E-state index in [-0.39, 0.29) is 0 Å². The summed E-state index contributed by atoms with van der Waals surface area (Å²) in [5.41, 5.74) is -1.33. The fourth-order valence-corrected chi connectivity index (χ4v) is 2.06. The SMILES string of the molecule is COc1c(C(F)F)ncc(C#N)c1S(N)(=O)=O. The maximum absolute atomic E-state index is 12.6. The first-order valence-corrected chi connectivity index (χ1v) is 5.65. The molecule has 0 bridgehead atoms. The van der Waals surface area contributed by atoms with E-state index in [1.807, 2.05) is 0 Å². The van der Waals surface area contributed by atoms with Gasteiger partial charge >= 0.3 is 0 Å². The van der Waals surface area contributed by atoms with Crippen molar-refractivity contribution in [2.75, 3.05) is 7.11 Å².